The number of ether oxygens (including phenoxy) is 4. The maximum absolute atomic E-state index is 12.4. The predicted molar refractivity (Wildman–Crippen MR) is 99.2 cm³/mol. The molecule has 1 aromatic heterocycles. The minimum atomic E-state index is -0.413. The Bertz CT molecular complexity index is 1220. The molecular weight excluding hydrogens is 364 g/mol. The Morgan fingerprint density at radius 1 is 0.643 bits per heavy atom. The van der Waals surface area contributed by atoms with Gasteiger partial charge in [-0.05, 0) is 47.5 Å². The van der Waals surface area contributed by atoms with Crippen LogP contribution in [-0.4, -0.2) is 23.6 Å². The number of rotatable bonds is 2. The molecule has 0 aliphatic carbocycles. The van der Waals surface area contributed by atoms with Crippen LogP contribution in [0.4, 0.5) is 0 Å². The van der Waals surface area contributed by atoms with E-state index in [-0.39, 0.29) is 24.3 Å². The van der Waals surface area contributed by atoms with Crippen LogP contribution < -0.4 is 40.8 Å². The summed E-state index contributed by atoms with van der Waals surface area (Å²) < 4.78 is 21.2. The molecule has 2 aliphatic rings. The first-order valence-corrected chi connectivity index (χ1v) is 8.51. The highest BCUT2D eigenvalue weighted by atomic mass is 16.7. The van der Waals surface area contributed by atoms with Gasteiger partial charge in [0.05, 0.1) is 0 Å². The van der Waals surface area contributed by atoms with Gasteiger partial charge in [0.15, 0.2) is 23.0 Å². The molecule has 0 saturated carbocycles. The molecule has 0 amide bonds. The van der Waals surface area contributed by atoms with E-state index in [1.807, 2.05) is 0 Å². The number of benzene rings is 2. The second kappa shape index (κ2) is 6.34. The summed E-state index contributed by atoms with van der Waals surface area (Å²) in [5.74, 6) is 2.49. The van der Waals surface area contributed by atoms with E-state index in [1.54, 1.807) is 48.6 Å². The molecule has 0 bridgehead atoms. The van der Waals surface area contributed by atoms with Crippen LogP contribution in [0.3, 0.4) is 0 Å². The Balaban J connectivity index is 1.56. The molecule has 2 aliphatic heterocycles. The second-order valence-electron chi connectivity index (χ2n) is 6.25. The van der Waals surface area contributed by atoms with Crippen molar-refractivity contribution in [3.63, 3.8) is 0 Å². The zero-order valence-corrected chi connectivity index (χ0v) is 14.5. The average molecular weight is 378 g/mol. The maximum atomic E-state index is 12.4. The van der Waals surface area contributed by atoms with E-state index >= 15 is 0 Å². The van der Waals surface area contributed by atoms with Gasteiger partial charge in [0, 0.05) is 0 Å². The monoisotopic (exact) mass is 378 g/mol. The fourth-order valence-corrected chi connectivity index (χ4v) is 3.04. The van der Waals surface area contributed by atoms with Gasteiger partial charge in [0.1, 0.15) is 10.7 Å². The first-order valence-electron chi connectivity index (χ1n) is 8.51. The van der Waals surface area contributed by atoms with Gasteiger partial charge in [0.2, 0.25) is 13.6 Å². The average Bonchev–Trinajstić information content (AvgIpc) is 3.34. The van der Waals surface area contributed by atoms with Crippen molar-refractivity contribution < 1.29 is 18.9 Å². The molecule has 3 heterocycles. The molecular formula is C20H14N2O6. The largest absolute Gasteiger partial charge is 0.454 e. The molecule has 0 atom stereocenters. The molecule has 0 fully saturated rings. The highest BCUT2D eigenvalue weighted by Crippen LogP contribution is 2.33. The molecule has 140 valence electrons. The lowest BCUT2D eigenvalue weighted by atomic mass is 10.2. The fourth-order valence-electron chi connectivity index (χ4n) is 3.04. The maximum Gasteiger partial charge on any atom is 0.272 e. The topological polar surface area (TPSA) is 103 Å². The van der Waals surface area contributed by atoms with Gasteiger partial charge in [-0.3, -0.25) is 9.59 Å². The Hall–Kier alpha value is -3.94. The number of aromatic nitrogens is 2. The summed E-state index contributed by atoms with van der Waals surface area (Å²) in [7, 11) is 0. The van der Waals surface area contributed by atoms with Crippen molar-refractivity contribution in [2.45, 2.75) is 0 Å². The van der Waals surface area contributed by atoms with E-state index in [4.69, 9.17) is 18.9 Å². The first-order chi connectivity index (χ1) is 13.7. The van der Waals surface area contributed by atoms with Crippen molar-refractivity contribution in [2.24, 2.45) is 0 Å². The van der Waals surface area contributed by atoms with E-state index in [9.17, 15) is 9.59 Å². The van der Waals surface area contributed by atoms with Crippen LogP contribution in [0.2, 0.25) is 0 Å². The smallest absolute Gasteiger partial charge is 0.272 e. The van der Waals surface area contributed by atoms with Crippen LogP contribution in [-0.2, 0) is 0 Å². The summed E-state index contributed by atoms with van der Waals surface area (Å²) in [5.41, 5.74) is 0.587. The van der Waals surface area contributed by atoms with Crippen molar-refractivity contribution in [1.82, 2.24) is 9.97 Å². The third kappa shape index (κ3) is 2.90. The summed E-state index contributed by atoms with van der Waals surface area (Å²) >= 11 is 0. The molecule has 28 heavy (non-hydrogen) atoms. The van der Waals surface area contributed by atoms with E-state index in [1.165, 1.54) is 0 Å². The highest BCUT2D eigenvalue weighted by molar-refractivity contribution is 5.57. The second-order valence-corrected chi connectivity index (χ2v) is 6.25. The molecule has 0 radical (unpaired) electrons. The van der Waals surface area contributed by atoms with Gasteiger partial charge in [-0.15, -0.1) is 0 Å². The molecule has 0 unspecified atom stereocenters. The third-order valence-electron chi connectivity index (χ3n) is 4.40. The summed E-state index contributed by atoms with van der Waals surface area (Å²) in [6.45, 7) is 0.335. The zero-order valence-electron chi connectivity index (χ0n) is 14.5. The van der Waals surface area contributed by atoms with Crippen LogP contribution >= 0.6 is 0 Å². The number of hydrogen-bond donors (Lipinski definition) is 2. The summed E-state index contributed by atoms with van der Waals surface area (Å²) in [6.07, 6.45) is 3.15. The van der Waals surface area contributed by atoms with Gasteiger partial charge < -0.3 is 28.9 Å². The number of fused-ring (bicyclic) bond motifs is 2. The Morgan fingerprint density at radius 3 is 1.54 bits per heavy atom. The van der Waals surface area contributed by atoms with Crippen LogP contribution in [0.5, 0.6) is 23.0 Å². The fraction of sp³-hybridized carbons (Fsp3) is 0.100. The van der Waals surface area contributed by atoms with Gasteiger partial charge in [-0.2, -0.15) is 0 Å². The summed E-state index contributed by atoms with van der Waals surface area (Å²) in [5, 5.41) is 0.290. The van der Waals surface area contributed by atoms with Crippen LogP contribution in [0.1, 0.15) is 11.1 Å². The van der Waals surface area contributed by atoms with Crippen molar-refractivity contribution in [3.05, 3.63) is 78.9 Å². The Labute approximate surface area is 157 Å². The standard InChI is InChI=1S/C20H14N2O6/c23-19-13(5-11-1-3-15-17(7-11)27-9-25-15)21-20(24)14(22-19)6-12-2-4-16-18(8-12)28-10-26-16/h1-8H,9-10H2,(H,21,24)(H,22,23). The lowest BCUT2D eigenvalue weighted by molar-refractivity contribution is 0.173. The molecule has 5 rings (SSSR count). The Morgan fingerprint density at radius 2 is 1.07 bits per heavy atom. The number of nitrogens with one attached hydrogen (secondary N) is 2. The Kier molecular flexibility index (Phi) is 3.68. The molecule has 2 aromatic carbocycles. The van der Waals surface area contributed by atoms with Crippen molar-refractivity contribution in [3.8, 4) is 23.0 Å². The van der Waals surface area contributed by atoms with Gasteiger partial charge >= 0.3 is 0 Å². The lowest BCUT2D eigenvalue weighted by Crippen LogP contribution is -2.46. The molecule has 2 N–H and O–H groups in total. The van der Waals surface area contributed by atoms with Gasteiger partial charge in [-0.1, -0.05) is 12.1 Å². The molecule has 8 heteroatoms. The normalized spacial score (nSPS) is 15.3. The quantitative estimate of drug-likeness (QED) is 0.660. The first kappa shape index (κ1) is 16.2. The van der Waals surface area contributed by atoms with E-state index in [2.05, 4.69) is 9.97 Å². The van der Waals surface area contributed by atoms with Crippen molar-refractivity contribution >= 4 is 12.2 Å². The van der Waals surface area contributed by atoms with Crippen LogP contribution in [0.25, 0.3) is 12.2 Å². The summed E-state index contributed by atoms with van der Waals surface area (Å²) in [6, 6.07) is 10.5. The van der Waals surface area contributed by atoms with Gasteiger partial charge in [-0.25, -0.2) is 0 Å². The predicted octanol–water partition coefficient (Wildman–Crippen LogP) is 0.178. The van der Waals surface area contributed by atoms with Crippen molar-refractivity contribution in [2.75, 3.05) is 13.6 Å². The minimum absolute atomic E-state index is 0.145. The van der Waals surface area contributed by atoms with E-state index in [0.717, 1.165) is 0 Å². The molecule has 3 aromatic rings. The van der Waals surface area contributed by atoms with Crippen molar-refractivity contribution in [1.29, 1.82) is 0 Å². The van der Waals surface area contributed by atoms with Crippen LogP contribution in [0.15, 0.2) is 46.0 Å². The van der Waals surface area contributed by atoms with E-state index < -0.39 is 11.1 Å². The number of H-pyrrole nitrogens is 2. The minimum Gasteiger partial charge on any atom is -0.454 e. The zero-order chi connectivity index (χ0) is 19.1. The SMILES string of the molecule is O=c1[nH]c(=Cc2ccc3c(c2)OCO3)c(=O)[nH]c1=Cc1ccc2c(c1)OCO2. The molecule has 8 nitrogen and oxygen atoms in total. The molecule has 0 spiro atoms. The molecule has 0 saturated heterocycles. The number of hydrogen-bond acceptors (Lipinski definition) is 6. The van der Waals surface area contributed by atoms with Crippen LogP contribution in [0, 0.1) is 0 Å². The highest BCUT2D eigenvalue weighted by Gasteiger charge is 2.13. The van der Waals surface area contributed by atoms with Gasteiger partial charge in [0.25, 0.3) is 11.1 Å². The lowest BCUT2D eigenvalue weighted by Gasteiger charge is -1.98. The van der Waals surface area contributed by atoms with E-state index in [0.29, 0.717) is 34.1 Å². The summed E-state index contributed by atoms with van der Waals surface area (Å²) in [4.78, 5) is 30.1. The third-order valence-corrected chi connectivity index (χ3v) is 4.40. The number of aromatic amines is 2.